The molecule has 1 heterocycles. The van der Waals surface area contributed by atoms with Crippen molar-refractivity contribution in [1.82, 2.24) is 10.6 Å². The molecule has 1 aromatic rings. The average molecular weight is 366 g/mol. The molecule has 0 bridgehead atoms. The molecule has 7 heteroatoms. The minimum Gasteiger partial charge on any atom is -0.391 e. The molecule has 25 heavy (non-hydrogen) atoms. The molecule has 3 rings (SSSR count). The number of rotatable bonds is 5. The topological polar surface area (TPSA) is 95.5 Å². The normalized spacial score (nSPS) is 25.8. The molecule has 1 aliphatic heterocycles. The minimum absolute atomic E-state index is 0.0792. The maximum absolute atomic E-state index is 13.2. The van der Waals surface area contributed by atoms with Crippen LogP contribution in [0.3, 0.4) is 0 Å². The van der Waals surface area contributed by atoms with E-state index in [0.29, 0.717) is 25.9 Å². The SMILES string of the molecule is Cc1ccc(S(=O)(=O)C2(C(=O)NCC3CNCC3O)CCCC2)cc1. The van der Waals surface area contributed by atoms with Crippen molar-refractivity contribution >= 4 is 15.7 Å². The van der Waals surface area contributed by atoms with Crippen molar-refractivity contribution in [1.29, 1.82) is 0 Å². The number of amides is 1. The van der Waals surface area contributed by atoms with Crippen LogP contribution in [0.2, 0.25) is 0 Å². The summed E-state index contributed by atoms with van der Waals surface area (Å²) >= 11 is 0. The number of hydrogen-bond donors (Lipinski definition) is 3. The number of carbonyl (C=O) groups is 1. The van der Waals surface area contributed by atoms with Crippen LogP contribution in [0.15, 0.2) is 29.2 Å². The molecule has 0 radical (unpaired) electrons. The van der Waals surface area contributed by atoms with Gasteiger partial charge in [-0.05, 0) is 31.9 Å². The fourth-order valence-corrected chi connectivity index (χ4v) is 5.91. The molecule has 3 N–H and O–H groups in total. The van der Waals surface area contributed by atoms with Crippen LogP contribution in [0.25, 0.3) is 0 Å². The Hall–Kier alpha value is -1.44. The van der Waals surface area contributed by atoms with Crippen LogP contribution in [0.4, 0.5) is 0 Å². The van der Waals surface area contributed by atoms with Gasteiger partial charge in [0.05, 0.1) is 11.0 Å². The molecule has 2 fully saturated rings. The summed E-state index contributed by atoms with van der Waals surface area (Å²) in [6.45, 7) is 3.32. The molecule has 1 aliphatic carbocycles. The highest BCUT2D eigenvalue weighted by atomic mass is 32.2. The Bertz CT molecular complexity index is 724. The second kappa shape index (κ2) is 7.05. The predicted octanol–water partition coefficient (Wildman–Crippen LogP) is 0.778. The zero-order valence-corrected chi connectivity index (χ0v) is 15.3. The van der Waals surface area contributed by atoms with Crippen molar-refractivity contribution in [3.63, 3.8) is 0 Å². The summed E-state index contributed by atoms with van der Waals surface area (Å²) in [6, 6.07) is 6.69. The van der Waals surface area contributed by atoms with Gasteiger partial charge in [-0.1, -0.05) is 30.5 Å². The number of benzene rings is 1. The van der Waals surface area contributed by atoms with Gasteiger partial charge in [-0.15, -0.1) is 0 Å². The molecule has 1 amide bonds. The van der Waals surface area contributed by atoms with Gasteiger partial charge in [-0.2, -0.15) is 0 Å². The summed E-state index contributed by atoms with van der Waals surface area (Å²) in [5.41, 5.74) is 0.978. The molecule has 1 saturated heterocycles. The van der Waals surface area contributed by atoms with Crippen LogP contribution in [-0.2, 0) is 14.6 Å². The molecule has 2 unspecified atom stereocenters. The summed E-state index contributed by atoms with van der Waals surface area (Å²) in [7, 11) is -3.77. The smallest absolute Gasteiger partial charge is 0.241 e. The molecule has 2 aliphatic rings. The Morgan fingerprint density at radius 3 is 2.44 bits per heavy atom. The lowest BCUT2D eigenvalue weighted by Gasteiger charge is -2.28. The molecule has 1 saturated carbocycles. The summed E-state index contributed by atoms with van der Waals surface area (Å²) < 4.78 is 25.1. The Balaban J connectivity index is 1.83. The fourth-order valence-electron chi connectivity index (χ4n) is 3.82. The van der Waals surface area contributed by atoms with Crippen molar-refractivity contribution in [2.75, 3.05) is 19.6 Å². The van der Waals surface area contributed by atoms with E-state index in [-0.39, 0.29) is 17.4 Å². The molecular weight excluding hydrogens is 340 g/mol. The van der Waals surface area contributed by atoms with E-state index >= 15 is 0 Å². The number of aliphatic hydroxyl groups is 1. The first kappa shape index (κ1) is 18.4. The Labute approximate surface area is 148 Å². The van der Waals surface area contributed by atoms with E-state index in [1.165, 1.54) is 0 Å². The van der Waals surface area contributed by atoms with Gasteiger partial charge in [0.2, 0.25) is 5.91 Å². The van der Waals surface area contributed by atoms with Crippen molar-refractivity contribution in [2.45, 2.75) is 48.4 Å². The van der Waals surface area contributed by atoms with Crippen LogP contribution in [0.5, 0.6) is 0 Å². The molecule has 1 aromatic carbocycles. The summed E-state index contributed by atoms with van der Waals surface area (Å²) in [5.74, 6) is -0.505. The van der Waals surface area contributed by atoms with Crippen LogP contribution in [0, 0.1) is 12.8 Å². The summed E-state index contributed by atoms with van der Waals surface area (Å²) in [4.78, 5) is 13.1. The Morgan fingerprint density at radius 2 is 1.88 bits per heavy atom. The lowest BCUT2D eigenvalue weighted by atomic mass is 10.0. The third kappa shape index (κ3) is 3.32. The third-order valence-electron chi connectivity index (χ3n) is 5.50. The molecule has 0 aromatic heterocycles. The van der Waals surface area contributed by atoms with Crippen molar-refractivity contribution in [3.05, 3.63) is 29.8 Å². The van der Waals surface area contributed by atoms with Gasteiger partial charge in [0.25, 0.3) is 0 Å². The van der Waals surface area contributed by atoms with Crippen LogP contribution < -0.4 is 10.6 Å². The molecule has 138 valence electrons. The van der Waals surface area contributed by atoms with Crippen molar-refractivity contribution in [2.24, 2.45) is 5.92 Å². The highest BCUT2D eigenvalue weighted by Crippen LogP contribution is 2.40. The molecular formula is C18H26N2O4S. The standard InChI is InChI=1S/C18H26N2O4S/c1-13-4-6-15(7-5-13)25(23,24)18(8-2-3-9-18)17(22)20-11-14-10-19-12-16(14)21/h4-7,14,16,19,21H,2-3,8-12H2,1H3,(H,20,22). The van der Waals surface area contributed by atoms with E-state index in [0.717, 1.165) is 18.4 Å². The number of sulfone groups is 1. The van der Waals surface area contributed by atoms with E-state index in [4.69, 9.17) is 0 Å². The number of nitrogens with one attached hydrogen (secondary N) is 2. The lowest BCUT2D eigenvalue weighted by molar-refractivity contribution is -0.123. The zero-order valence-electron chi connectivity index (χ0n) is 14.5. The molecule has 2 atom stereocenters. The predicted molar refractivity (Wildman–Crippen MR) is 94.9 cm³/mol. The van der Waals surface area contributed by atoms with Gasteiger partial charge in [0, 0.05) is 25.6 Å². The first-order chi connectivity index (χ1) is 11.9. The second-order valence-electron chi connectivity index (χ2n) is 7.21. The zero-order chi connectivity index (χ0) is 18.1. The van der Waals surface area contributed by atoms with E-state index in [2.05, 4.69) is 10.6 Å². The Kier molecular flexibility index (Phi) is 5.18. The second-order valence-corrected chi connectivity index (χ2v) is 9.47. The number of hydrogen-bond acceptors (Lipinski definition) is 5. The average Bonchev–Trinajstić information content (AvgIpc) is 3.23. The van der Waals surface area contributed by atoms with Gasteiger partial charge in [-0.25, -0.2) is 8.42 Å². The van der Waals surface area contributed by atoms with Gasteiger partial charge in [-0.3, -0.25) is 4.79 Å². The number of carbonyl (C=O) groups excluding carboxylic acids is 1. The maximum atomic E-state index is 13.2. The summed E-state index contributed by atoms with van der Waals surface area (Å²) in [6.07, 6.45) is 1.65. The van der Waals surface area contributed by atoms with Gasteiger partial charge in [0.1, 0.15) is 0 Å². The molecule has 6 nitrogen and oxygen atoms in total. The first-order valence-corrected chi connectivity index (χ1v) is 10.3. The van der Waals surface area contributed by atoms with Crippen LogP contribution in [0.1, 0.15) is 31.2 Å². The van der Waals surface area contributed by atoms with E-state index in [9.17, 15) is 18.3 Å². The minimum atomic E-state index is -3.77. The quantitative estimate of drug-likeness (QED) is 0.716. The summed E-state index contributed by atoms with van der Waals surface area (Å²) in [5, 5.41) is 15.7. The van der Waals surface area contributed by atoms with E-state index < -0.39 is 26.6 Å². The third-order valence-corrected chi connectivity index (χ3v) is 8.01. The number of β-amino-alcohol motifs (C(OH)–C–C–N with tert-alkyl or cyclic N) is 1. The lowest BCUT2D eigenvalue weighted by Crippen LogP contribution is -2.52. The van der Waals surface area contributed by atoms with E-state index in [1.807, 2.05) is 6.92 Å². The Morgan fingerprint density at radius 1 is 1.24 bits per heavy atom. The van der Waals surface area contributed by atoms with Crippen molar-refractivity contribution < 1.29 is 18.3 Å². The van der Waals surface area contributed by atoms with Gasteiger partial charge >= 0.3 is 0 Å². The number of aliphatic hydroxyl groups excluding tert-OH is 1. The first-order valence-electron chi connectivity index (χ1n) is 8.85. The molecule has 0 spiro atoms. The highest BCUT2D eigenvalue weighted by Gasteiger charge is 2.52. The fraction of sp³-hybridized carbons (Fsp3) is 0.611. The number of aryl methyl sites for hydroxylation is 1. The van der Waals surface area contributed by atoms with Gasteiger partial charge in [0.15, 0.2) is 14.6 Å². The van der Waals surface area contributed by atoms with Crippen molar-refractivity contribution in [3.8, 4) is 0 Å². The van der Waals surface area contributed by atoms with Gasteiger partial charge < -0.3 is 15.7 Å². The highest BCUT2D eigenvalue weighted by molar-refractivity contribution is 7.93. The van der Waals surface area contributed by atoms with E-state index in [1.54, 1.807) is 24.3 Å². The van der Waals surface area contributed by atoms with Crippen LogP contribution >= 0.6 is 0 Å². The van der Waals surface area contributed by atoms with Crippen LogP contribution in [-0.4, -0.2) is 49.9 Å². The maximum Gasteiger partial charge on any atom is 0.241 e. The monoisotopic (exact) mass is 366 g/mol. The largest absolute Gasteiger partial charge is 0.391 e.